The van der Waals surface area contributed by atoms with Gasteiger partial charge in [-0.3, -0.25) is 4.40 Å². The number of halogens is 2. The van der Waals surface area contributed by atoms with Crippen LogP contribution < -0.4 is 0 Å². The summed E-state index contributed by atoms with van der Waals surface area (Å²) in [4.78, 5) is 3.78. The van der Waals surface area contributed by atoms with E-state index in [0.717, 1.165) is 0 Å². The lowest BCUT2D eigenvalue weighted by Gasteiger charge is -1.97. The van der Waals surface area contributed by atoms with Crippen LogP contribution in [0.1, 0.15) is 5.69 Å². The van der Waals surface area contributed by atoms with E-state index in [4.69, 9.17) is 16.7 Å². The van der Waals surface area contributed by atoms with Gasteiger partial charge in [0.25, 0.3) is 0 Å². The molecule has 0 aromatic carbocycles. The van der Waals surface area contributed by atoms with E-state index in [1.807, 2.05) is 0 Å². The molecule has 0 unspecified atom stereocenters. The molecule has 1 N–H and O–H groups in total. The molecule has 0 spiro atoms. The molecule has 0 aliphatic heterocycles. The average Bonchev–Trinajstić information content (AvgIpc) is 2.43. The van der Waals surface area contributed by atoms with E-state index in [9.17, 15) is 4.39 Å². The van der Waals surface area contributed by atoms with Crippen LogP contribution in [0.5, 0.6) is 0 Å². The fourth-order valence-corrected chi connectivity index (χ4v) is 1.43. The molecule has 13 heavy (non-hydrogen) atoms. The number of hydrogen-bond donors (Lipinski definition) is 1. The molecule has 2 aromatic heterocycles. The molecule has 5 heteroatoms. The minimum atomic E-state index is -0.455. The van der Waals surface area contributed by atoms with Crippen LogP contribution in [0.15, 0.2) is 18.3 Å². The summed E-state index contributed by atoms with van der Waals surface area (Å²) in [5.74, 6) is -0.455. The first-order valence-electron chi connectivity index (χ1n) is 3.66. The third-order valence-electron chi connectivity index (χ3n) is 1.80. The van der Waals surface area contributed by atoms with E-state index in [1.54, 1.807) is 6.20 Å². The summed E-state index contributed by atoms with van der Waals surface area (Å²) in [6.45, 7) is -0.260. The van der Waals surface area contributed by atoms with Crippen molar-refractivity contribution in [1.29, 1.82) is 0 Å². The van der Waals surface area contributed by atoms with Crippen LogP contribution >= 0.6 is 11.6 Å². The lowest BCUT2D eigenvalue weighted by atomic mass is 10.4. The van der Waals surface area contributed by atoms with Gasteiger partial charge in [0.2, 0.25) is 0 Å². The molecular weight excluding hydrogens is 195 g/mol. The van der Waals surface area contributed by atoms with Crippen molar-refractivity contribution in [3.8, 4) is 0 Å². The van der Waals surface area contributed by atoms with Crippen LogP contribution in [-0.2, 0) is 6.61 Å². The van der Waals surface area contributed by atoms with Gasteiger partial charge >= 0.3 is 0 Å². The number of rotatable bonds is 1. The number of aliphatic hydroxyl groups is 1. The van der Waals surface area contributed by atoms with Crippen LogP contribution in [0.25, 0.3) is 5.65 Å². The predicted octanol–water partition coefficient (Wildman–Crippen LogP) is 1.62. The Morgan fingerprint density at radius 3 is 3.08 bits per heavy atom. The molecule has 0 amide bonds. The Morgan fingerprint density at radius 2 is 2.38 bits per heavy atom. The fraction of sp³-hybridized carbons (Fsp3) is 0.125. The molecule has 68 valence electrons. The quantitative estimate of drug-likeness (QED) is 0.760. The third kappa shape index (κ3) is 1.18. The number of aromatic nitrogens is 2. The number of pyridine rings is 1. The summed E-state index contributed by atoms with van der Waals surface area (Å²) in [5, 5.41) is 9.06. The van der Waals surface area contributed by atoms with Gasteiger partial charge in [-0.25, -0.2) is 9.37 Å². The number of hydrogen-bond acceptors (Lipinski definition) is 2. The zero-order valence-electron chi connectivity index (χ0n) is 6.54. The zero-order chi connectivity index (χ0) is 9.42. The van der Waals surface area contributed by atoms with Gasteiger partial charge in [0.1, 0.15) is 0 Å². The summed E-state index contributed by atoms with van der Waals surface area (Å²) in [5.41, 5.74) is 0.535. The third-order valence-corrected chi connectivity index (χ3v) is 2.10. The Bertz CT molecular complexity index is 455. The van der Waals surface area contributed by atoms with Gasteiger partial charge in [0, 0.05) is 6.20 Å². The van der Waals surface area contributed by atoms with Gasteiger partial charge in [-0.15, -0.1) is 0 Å². The van der Waals surface area contributed by atoms with E-state index < -0.39 is 5.82 Å². The topological polar surface area (TPSA) is 37.5 Å². The van der Waals surface area contributed by atoms with E-state index in [-0.39, 0.29) is 17.4 Å². The van der Waals surface area contributed by atoms with E-state index in [1.165, 1.54) is 16.5 Å². The van der Waals surface area contributed by atoms with Crippen LogP contribution in [0.4, 0.5) is 4.39 Å². The van der Waals surface area contributed by atoms with E-state index in [2.05, 4.69) is 4.98 Å². The maximum absolute atomic E-state index is 13.1. The Labute approximate surface area is 78.4 Å². The minimum absolute atomic E-state index is 0.132. The molecule has 0 fully saturated rings. The Morgan fingerprint density at radius 1 is 1.62 bits per heavy atom. The van der Waals surface area contributed by atoms with Crippen molar-refractivity contribution in [2.24, 2.45) is 0 Å². The number of nitrogens with zero attached hydrogens (tertiary/aromatic N) is 2. The normalized spacial score (nSPS) is 11.0. The van der Waals surface area contributed by atoms with Crippen molar-refractivity contribution in [2.75, 3.05) is 0 Å². The fourth-order valence-electron chi connectivity index (χ4n) is 1.20. The highest BCUT2D eigenvalue weighted by molar-refractivity contribution is 6.30. The average molecular weight is 201 g/mol. The van der Waals surface area contributed by atoms with Gasteiger partial charge in [-0.05, 0) is 12.1 Å². The van der Waals surface area contributed by atoms with Crippen LogP contribution in [0.2, 0.25) is 5.15 Å². The maximum Gasteiger partial charge on any atom is 0.175 e. The van der Waals surface area contributed by atoms with Crippen molar-refractivity contribution >= 4 is 17.2 Å². The second-order valence-electron chi connectivity index (χ2n) is 2.56. The molecule has 2 heterocycles. The molecule has 0 aliphatic carbocycles. The molecule has 2 rings (SSSR count). The summed E-state index contributed by atoms with van der Waals surface area (Å²) < 4.78 is 14.5. The number of aliphatic hydroxyl groups excluding tert-OH is 1. The first-order chi connectivity index (χ1) is 6.24. The molecule has 0 aliphatic rings. The van der Waals surface area contributed by atoms with Crippen LogP contribution in [0.3, 0.4) is 0 Å². The second-order valence-corrected chi connectivity index (χ2v) is 2.92. The molecule has 0 saturated heterocycles. The van der Waals surface area contributed by atoms with Crippen molar-refractivity contribution in [2.45, 2.75) is 6.61 Å². The van der Waals surface area contributed by atoms with Crippen LogP contribution in [0, 0.1) is 5.82 Å². The molecule has 0 radical (unpaired) electrons. The van der Waals surface area contributed by atoms with Gasteiger partial charge in [-0.2, -0.15) is 0 Å². The standard InChI is InChI=1S/C8H6ClFN2O/c9-7-6(4-13)12-3-1-2-5(10)8(12)11-7/h1-3,13H,4H2. The first kappa shape index (κ1) is 8.47. The van der Waals surface area contributed by atoms with Gasteiger partial charge in [-0.1, -0.05) is 11.6 Å². The monoisotopic (exact) mass is 200 g/mol. The Kier molecular flexibility index (Phi) is 1.94. The predicted molar refractivity (Wildman–Crippen MR) is 46.1 cm³/mol. The first-order valence-corrected chi connectivity index (χ1v) is 4.03. The minimum Gasteiger partial charge on any atom is -0.390 e. The second kappa shape index (κ2) is 2.97. The van der Waals surface area contributed by atoms with E-state index in [0.29, 0.717) is 5.69 Å². The molecule has 0 bridgehead atoms. The lowest BCUT2D eigenvalue weighted by Crippen LogP contribution is -1.93. The zero-order valence-corrected chi connectivity index (χ0v) is 7.29. The number of fused-ring (bicyclic) bond motifs is 1. The Balaban J connectivity index is 2.86. The van der Waals surface area contributed by atoms with Crippen molar-refractivity contribution in [1.82, 2.24) is 9.38 Å². The smallest absolute Gasteiger partial charge is 0.175 e. The van der Waals surface area contributed by atoms with Gasteiger partial charge < -0.3 is 5.11 Å². The van der Waals surface area contributed by atoms with E-state index >= 15 is 0 Å². The highest BCUT2D eigenvalue weighted by atomic mass is 35.5. The molecular formula is C8H6ClFN2O. The maximum atomic E-state index is 13.1. The van der Waals surface area contributed by atoms with Gasteiger partial charge in [0.05, 0.1) is 12.3 Å². The Hall–Kier alpha value is -1.13. The van der Waals surface area contributed by atoms with Crippen molar-refractivity contribution in [3.05, 3.63) is 35.0 Å². The SMILES string of the molecule is OCc1c(Cl)nc2c(F)cccn12. The van der Waals surface area contributed by atoms with Crippen molar-refractivity contribution < 1.29 is 9.50 Å². The summed E-state index contributed by atoms with van der Waals surface area (Å²) in [6, 6.07) is 2.82. The molecule has 2 aromatic rings. The molecule has 0 saturated carbocycles. The van der Waals surface area contributed by atoms with Gasteiger partial charge in [0.15, 0.2) is 16.6 Å². The lowest BCUT2D eigenvalue weighted by molar-refractivity contribution is 0.276. The van der Waals surface area contributed by atoms with Crippen LogP contribution in [-0.4, -0.2) is 14.5 Å². The highest BCUT2D eigenvalue weighted by Crippen LogP contribution is 2.19. The molecule has 0 atom stereocenters. The summed E-state index contributed by atoms with van der Waals surface area (Å²) >= 11 is 5.68. The molecule has 3 nitrogen and oxygen atoms in total. The van der Waals surface area contributed by atoms with Crippen molar-refractivity contribution in [3.63, 3.8) is 0 Å². The highest BCUT2D eigenvalue weighted by Gasteiger charge is 2.11. The largest absolute Gasteiger partial charge is 0.390 e. The summed E-state index contributed by atoms with van der Waals surface area (Å²) in [6.07, 6.45) is 1.60. The summed E-state index contributed by atoms with van der Waals surface area (Å²) in [7, 11) is 0. The number of imidazole rings is 1.